The fraction of sp³-hybridized carbons (Fsp3) is 0.833. The van der Waals surface area contributed by atoms with Crippen molar-refractivity contribution >= 4 is 17.7 Å². The first kappa shape index (κ1) is 18.2. The average molecular weight is 350 g/mol. The van der Waals surface area contributed by atoms with Crippen molar-refractivity contribution in [1.82, 2.24) is 20.0 Å². The van der Waals surface area contributed by atoms with E-state index >= 15 is 0 Å². The number of nitrogens with one attached hydrogen (secondary N) is 1. The minimum atomic E-state index is -0.336. The van der Waals surface area contributed by atoms with Crippen molar-refractivity contribution in [2.45, 2.75) is 51.0 Å². The summed E-state index contributed by atoms with van der Waals surface area (Å²) in [6, 6.07) is -0.336. The maximum atomic E-state index is 12.4. The smallest absolute Gasteiger partial charge is 0.246 e. The van der Waals surface area contributed by atoms with Crippen LogP contribution in [-0.4, -0.2) is 84.3 Å². The van der Waals surface area contributed by atoms with Crippen LogP contribution in [-0.2, 0) is 14.4 Å². The largest absolute Gasteiger partial charge is 0.355 e. The van der Waals surface area contributed by atoms with Crippen molar-refractivity contribution in [2.75, 3.05) is 45.8 Å². The number of carbonyl (C=O) groups excluding carboxylic acids is 3. The Hall–Kier alpha value is -1.63. The zero-order valence-corrected chi connectivity index (χ0v) is 15.0. The van der Waals surface area contributed by atoms with Crippen LogP contribution in [0.25, 0.3) is 0 Å². The van der Waals surface area contributed by atoms with Crippen LogP contribution in [0.1, 0.15) is 44.9 Å². The van der Waals surface area contributed by atoms with Gasteiger partial charge in [-0.1, -0.05) is 12.8 Å². The summed E-state index contributed by atoms with van der Waals surface area (Å²) in [6.07, 6.45) is 7.72. The molecular weight excluding hydrogens is 320 g/mol. The number of rotatable bonds is 6. The van der Waals surface area contributed by atoms with Crippen LogP contribution in [0, 0.1) is 0 Å². The van der Waals surface area contributed by atoms with E-state index in [-0.39, 0.29) is 36.9 Å². The Bertz CT molecular complexity index is 503. The molecule has 0 bridgehead atoms. The minimum absolute atomic E-state index is 0.00136. The van der Waals surface area contributed by atoms with Gasteiger partial charge in [0.25, 0.3) is 0 Å². The fourth-order valence-corrected chi connectivity index (χ4v) is 4.12. The Morgan fingerprint density at radius 3 is 2.56 bits per heavy atom. The lowest BCUT2D eigenvalue weighted by molar-refractivity contribution is -0.154. The van der Waals surface area contributed by atoms with Crippen LogP contribution in [0.15, 0.2) is 0 Å². The molecule has 1 unspecified atom stereocenters. The quantitative estimate of drug-likeness (QED) is 0.695. The third-order valence-electron chi connectivity index (χ3n) is 5.50. The van der Waals surface area contributed by atoms with Gasteiger partial charge in [-0.05, 0) is 51.7 Å². The Morgan fingerprint density at radius 2 is 1.80 bits per heavy atom. The number of likely N-dealkylation sites (tertiary alicyclic amines) is 1. The van der Waals surface area contributed by atoms with Crippen LogP contribution in [0.5, 0.6) is 0 Å². The minimum Gasteiger partial charge on any atom is -0.355 e. The monoisotopic (exact) mass is 350 g/mol. The molecule has 140 valence electrons. The van der Waals surface area contributed by atoms with Crippen molar-refractivity contribution in [3.05, 3.63) is 0 Å². The molecule has 7 heteroatoms. The van der Waals surface area contributed by atoms with E-state index in [1.165, 1.54) is 30.6 Å². The van der Waals surface area contributed by atoms with Gasteiger partial charge in [-0.3, -0.25) is 14.4 Å². The van der Waals surface area contributed by atoms with Gasteiger partial charge < -0.3 is 20.0 Å². The lowest BCUT2D eigenvalue weighted by Crippen LogP contribution is -2.59. The lowest BCUT2D eigenvalue weighted by Gasteiger charge is -2.35. The molecule has 3 heterocycles. The van der Waals surface area contributed by atoms with Crippen molar-refractivity contribution in [3.8, 4) is 0 Å². The van der Waals surface area contributed by atoms with E-state index in [4.69, 9.17) is 0 Å². The summed E-state index contributed by atoms with van der Waals surface area (Å²) in [7, 11) is 0. The second kappa shape index (κ2) is 8.65. The van der Waals surface area contributed by atoms with Gasteiger partial charge in [0.2, 0.25) is 17.7 Å². The molecule has 1 N–H and O–H groups in total. The molecule has 3 rings (SSSR count). The lowest BCUT2D eigenvalue weighted by atomic mass is 10.1. The number of hydrogen-bond donors (Lipinski definition) is 1. The molecule has 0 aliphatic carbocycles. The van der Waals surface area contributed by atoms with Crippen LogP contribution < -0.4 is 5.32 Å². The molecule has 3 fully saturated rings. The first-order chi connectivity index (χ1) is 12.1. The van der Waals surface area contributed by atoms with Crippen LogP contribution >= 0.6 is 0 Å². The van der Waals surface area contributed by atoms with Crippen molar-refractivity contribution < 1.29 is 14.4 Å². The number of nitrogens with zero attached hydrogens (tertiary/aromatic N) is 3. The van der Waals surface area contributed by atoms with Gasteiger partial charge >= 0.3 is 0 Å². The third-order valence-corrected chi connectivity index (χ3v) is 5.50. The van der Waals surface area contributed by atoms with E-state index in [1.54, 1.807) is 4.90 Å². The highest BCUT2D eigenvalue weighted by Crippen LogP contribution is 2.23. The zero-order chi connectivity index (χ0) is 17.6. The highest BCUT2D eigenvalue weighted by molar-refractivity contribution is 5.97. The van der Waals surface area contributed by atoms with Gasteiger partial charge in [-0.25, -0.2) is 0 Å². The molecule has 1 atom stereocenters. The van der Waals surface area contributed by atoms with Gasteiger partial charge in [0.1, 0.15) is 19.1 Å². The summed E-state index contributed by atoms with van der Waals surface area (Å²) in [5.41, 5.74) is 0. The number of fused-ring (bicyclic) bond motifs is 1. The predicted molar refractivity (Wildman–Crippen MR) is 93.8 cm³/mol. The molecule has 0 radical (unpaired) electrons. The molecule has 3 saturated heterocycles. The Balaban J connectivity index is 1.36. The maximum absolute atomic E-state index is 12.4. The van der Waals surface area contributed by atoms with Gasteiger partial charge in [-0.2, -0.15) is 0 Å². The highest BCUT2D eigenvalue weighted by atomic mass is 16.2. The molecule has 25 heavy (non-hydrogen) atoms. The van der Waals surface area contributed by atoms with E-state index in [2.05, 4.69) is 10.2 Å². The van der Waals surface area contributed by atoms with Crippen LogP contribution in [0.4, 0.5) is 0 Å². The molecule has 0 spiro atoms. The third kappa shape index (κ3) is 4.71. The van der Waals surface area contributed by atoms with E-state index < -0.39 is 0 Å². The summed E-state index contributed by atoms with van der Waals surface area (Å²) >= 11 is 0. The molecule has 0 aromatic heterocycles. The first-order valence-electron chi connectivity index (χ1n) is 9.72. The van der Waals surface area contributed by atoms with E-state index in [0.29, 0.717) is 13.1 Å². The second-order valence-corrected chi connectivity index (χ2v) is 7.40. The Labute approximate surface area is 149 Å². The summed E-state index contributed by atoms with van der Waals surface area (Å²) in [5.74, 6) is -0.267. The molecule has 0 aromatic rings. The zero-order valence-electron chi connectivity index (χ0n) is 15.0. The summed E-state index contributed by atoms with van der Waals surface area (Å²) in [5, 5.41) is 2.90. The van der Waals surface area contributed by atoms with Gasteiger partial charge in [-0.15, -0.1) is 0 Å². The Kier molecular flexibility index (Phi) is 6.29. The van der Waals surface area contributed by atoms with E-state index in [1.807, 2.05) is 0 Å². The van der Waals surface area contributed by atoms with Crippen molar-refractivity contribution in [3.63, 3.8) is 0 Å². The summed E-state index contributed by atoms with van der Waals surface area (Å²) < 4.78 is 0. The van der Waals surface area contributed by atoms with Crippen LogP contribution in [0.2, 0.25) is 0 Å². The average Bonchev–Trinajstić information content (AvgIpc) is 2.95. The number of piperazine rings is 1. The van der Waals surface area contributed by atoms with Gasteiger partial charge in [0.15, 0.2) is 0 Å². The predicted octanol–water partition coefficient (Wildman–Crippen LogP) is 0.202. The fourth-order valence-electron chi connectivity index (χ4n) is 4.12. The number of hydrogen-bond acceptors (Lipinski definition) is 4. The van der Waals surface area contributed by atoms with Crippen molar-refractivity contribution in [2.24, 2.45) is 0 Å². The normalized spacial score (nSPS) is 25.0. The van der Waals surface area contributed by atoms with E-state index in [9.17, 15) is 14.4 Å². The van der Waals surface area contributed by atoms with Crippen molar-refractivity contribution in [1.29, 1.82) is 0 Å². The maximum Gasteiger partial charge on any atom is 0.246 e. The number of amides is 3. The summed E-state index contributed by atoms with van der Waals surface area (Å²) in [6.45, 7) is 4.67. The first-order valence-corrected chi connectivity index (χ1v) is 9.72. The molecule has 3 aliphatic rings. The topological polar surface area (TPSA) is 73.0 Å². The molecule has 3 aliphatic heterocycles. The van der Waals surface area contributed by atoms with Gasteiger partial charge in [0, 0.05) is 13.1 Å². The highest BCUT2D eigenvalue weighted by Gasteiger charge is 2.42. The summed E-state index contributed by atoms with van der Waals surface area (Å²) in [4.78, 5) is 42.1. The SMILES string of the molecule is O=C(CN1CC(=O)N2CCCC2C1=O)NCCCN1CCCCCC1. The van der Waals surface area contributed by atoms with Gasteiger partial charge in [0.05, 0.1) is 0 Å². The second-order valence-electron chi connectivity index (χ2n) is 7.40. The number of carbonyl (C=O) groups is 3. The molecule has 0 saturated carbocycles. The van der Waals surface area contributed by atoms with E-state index in [0.717, 1.165) is 38.9 Å². The van der Waals surface area contributed by atoms with Crippen LogP contribution in [0.3, 0.4) is 0 Å². The molecule has 0 aromatic carbocycles. The molecule has 7 nitrogen and oxygen atoms in total. The standard InChI is InChI=1S/C18H30N4O3/c23-16(19-8-6-11-20-9-3-1-2-4-10-20)13-21-14-17(24)22-12-5-7-15(22)18(21)25/h15H,1-14H2,(H,19,23). The Morgan fingerprint density at radius 1 is 1.04 bits per heavy atom. The molecule has 3 amide bonds. The molecular formula is C18H30N4O3.